The average molecular weight is 452 g/mol. The van der Waals surface area contributed by atoms with E-state index in [1.165, 1.54) is 6.07 Å². The predicted octanol–water partition coefficient (Wildman–Crippen LogP) is 6.68. The molecular weight excluding hydrogens is 424 g/mol. The van der Waals surface area contributed by atoms with Crippen LogP contribution in [0.15, 0.2) is 18.2 Å². The Balaban J connectivity index is 1.43. The van der Waals surface area contributed by atoms with Crippen molar-refractivity contribution in [2.75, 3.05) is 19.9 Å². The molecular formula is C25H28F4O3. The molecule has 3 nitrogen and oxygen atoms in total. The molecule has 0 radical (unpaired) electrons. The minimum atomic E-state index is -1.17. The molecule has 0 saturated carbocycles. The van der Waals surface area contributed by atoms with Crippen LogP contribution in [0.25, 0.3) is 0 Å². The summed E-state index contributed by atoms with van der Waals surface area (Å²) >= 11 is 0. The summed E-state index contributed by atoms with van der Waals surface area (Å²) in [5, 5.41) is 0. The highest BCUT2D eigenvalue weighted by molar-refractivity contribution is 5.54. The highest BCUT2D eigenvalue weighted by Crippen LogP contribution is 2.43. The molecule has 0 aromatic heterocycles. The summed E-state index contributed by atoms with van der Waals surface area (Å²) in [6.45, 7) is 2.20. The number of halogens is 4. The number of rotatable bonds is 8. The zero-order valence-corrected chi connectivity index (χ0v) is 18.2. The minimum absolute atomic E-state index is 0.0391. The van der Waals surface area contributed by atoms with Crippen LogP contribution in [0.2, 0.25) is 0 Å². The molecule has 2 aromatic rings. The number of benzene rings is 2. The van der Waals surface area contributed by atoms with Gasteiger partial charge in [-0.05, 0) is 63.0 Å². The van der Waals surface area contributed by atoms with Gasteiger partial charge in [0.05, 0.1) is 19.4 Å². The van der Waals surface area contributed by atoms with Gasteiger partial charge >= 0.3 is 0 Å². The first-order chi connectivity index (χ1) is 15.5. The van der Waals surface area contributed by atoms with E-state index in [2.05, 4.69) is 0 Å². The Morgan fingerprint density at radius 1 is 1.00 bits per heavy atom. The zero-order valence-electron chi connectivity index (χ0n) is 18.2. The van der Waals surface area contributed by atoms with Gasteiger partial charge in [0.1, 0.15) is 0 Å². The van der Waals surface area contributed by atoms with Gasteiger partial charge in [-0.1, -0.05) is 12.1 Å². The summed E-state index contributed by atoms with van der Waals surface area (Å²) in [7, 11) is 0. The Kier molecular flexibility index (Phi) is 7.23. The van der Waals surface area contributed by atoms with E-state index in [1.54, 1.807) is 19.1 Å². The molecule has 2 atom stereocenters. The number of aryl methyl sites for hydroxylation is 1. The van der Waals surface area contributed by atoms with Gasteiger partial charge in [0.2, 0.25) is 11.6 Å². The number of hydrogen-bond acceptors (Lipinski definition) is 3. The number of hydrogen-bond donors (Lipinski definition) is 0. The molecule has 1 fully saturated rings. The van der Waals surface area contributed by atoms with Gasteiger partial charge in [-0.25, -0.2) is 4.39 Å². The van der Waals surface area contributed by atoms with Crippen LogP contribution in [0, 0.1) is 23.4 Å². The molecule has 2 aliphatic heterocycles. The Bertz CT molecular complexity index is 955. The van der Waals surface area contributed by atoms with E-state index in [0.29, 0.717) is 48.5 Å². The molecule has 0 amide bonds. The van der Waals surface area contributed by atoms with Gasteiger partial charge < -0.3 is 14.2 Å². The Morgan fingerprint density at radius 3 is 2.53 bits per heavy atom. The molecule has 174 valence electrons. The van der Waals surface area contributed by atoms with Crippen molar-refractivity contribution < 1.29 is 31.8 Å². The van der Waals surface area contributed by atoms with Crippen molar-refractivity contribution in [2.45, 2.75) is 58.0 Å². The quantitative estimate of drug-likeness (QED) is 0.357. The molecule has 0 N–H and O–H groups in total. The van der Waals surface area contributed by atoms with Crippen LogP contribution in [-0.4, -0.2) is 26.0 Å². The van der Waals surface area contributed by atoms with Crippen LogP contribution >= 0.6 is 0 Å². The minimum Gasteiger partial charge on any atom is -0.491 e. The van der Waals surface area contributed by atoms with Gasteiger partial charge in [-0.2, -0.15) is 8.78 Å². The SMILES string of the molecule is CCOc1cc2c(c(F)c1F)Oc1c(ccc(CCC3CCC(CCCF)CO3)c1F)C2. The monoisotopic (exact) mass is 452 g/mol. The van der Waals surface area contributed by atoms with E-state index in [9.17, 15) is 13.2 Å². The first-order valence-electron chi connectivity index (χ1n) is 11.3. The second-order valence-corrected chi connectivity index (χ2v) is 8.50. The second kappa shape index (κ2) is 10.1. The van der Waals surface area contributed by atoms with Gasteiger partial charge in [0.25, 0.3) is 0 Å². The molecule has 0 aliphatic carbocycles. The molecule has 0 spiro atoms. The van der Waals surface area contributed by atoms with E-state index in [1.807, 2.05) is 0 Å². The largest absolute Gasteiger partial charge is 0.491 e. The fraction of sp³-hybridized carbons (Fsp3) is 0.520. The standard InChI is InChI=1S/C25H28F4O3/c1-2-30-20-13-18-12-17-7-6-16(21(27)24(17)32-25(18)23(29)22(20)28)8-10-19-9-5-15(14-31-19)4-3-11-26/h6-7,13,15,19H,2-5,8-12,14H2,1H3. The number of ether oxygens (including phenoxy) is 3. The fourth-order valence-corrected chi connectivity index (χ4v) is 4.52. The van der Waals surface area contributed by atoms with Crippen LogP contribution < -0.4 is 9.47 Å². The predicted molar refractivity (Wildman–Crippen MR) is 113 cm³/mol. The Hall–Kier alpha value is -2.28. The Labute approximate surface area is 185 Å². The van der Waals surface area contributed by atoms with Crippen molar-refractivity contribution in [3.05, 3.63) is 52.3 Å². The van der Waals surface area contributed by atoms with E-state index in [0.717, 1.165) is 19.3 Å². The third kappa shape index (κ3) is 4.72. The maximum absolute atomic E-state index is 15.2. The van der Waals surface area contributed by atoms with Gasteiger partial charge in [-0.15, -0.1) is 0 Å². The van der Waals surface area contributed by atoms with Gasteiger partial charge in [-0.3, -0.25) is 4.39 Å². The smallest absolute Gasteiger partial charge is 0.205 e. The van der Waals surface area contributed by atoms with Crippen LogP contribution in [0.1, 0.15) is 55.7 Å². The third-order valence-corrected chi connectivity index (χ3v) is 6.30. The van der Waals surface area contributed by atoms with Crippen LogP contribution in [0.5, 0.6) is 17.2 Å². The van der Waals surface area contributed by atoms with Crippen LogP contribution in [0.4, 0.5) is 17.6 Å². The Morgan fingerprint density at radius 2 is 1.81 bits per heavy atom. The summed E-state index contributed by atoms with van der Waals surface area (Å²) in [6, 6.07) is 4.90. The molecule has 32 heavy (non-hydrogen) atoms. The molecule has 4 rings (SSSR count). The van der Waals surface area contributed by atoms with Crippen molar-refractivity contribution in [3.63, 3.8) is 0 Å². The van der Waals surface area contributed by atoms with Crippen LogP contribution in [-0.2, 0) is 17.6 Å². The lowest BCUT2D eigenvalue weighted by molar-refractivity contribution is -0.0222. The first kappa shape index (κ1) is 22.9. The normalized spacial score (nSPS) is 19.8. The van der Waals surface area contributed by atoms with E-state index < -0.39 is 17.5 Å². The van der Waals surface area contributed by atoms with Gasteiger partial charge in [0.15, 0.2) is 23.1 Å². The average Bonchev–Trinajstić information content (AvgIpc) is 2.81. The lowest BCUT2D eigenvalue weighted by Crippen LogP contribution is -2.26. The molecule has 1 saturated heterocycles. The van der Waals surface area contributed by atoms with E-state index in [4.69, 9.17) is 14.2 Å². The fourth-order valence-electron chi connectivity index (χ4n) is 4.52. The molecule has 2 unspecified atom stereocenters. The molecule has 7 heteroatoms. The zero-order chi connectivity index (χ0) is 22.7. The van der Waals surface area contributed by atoms with Crippen molar-refractivity contribution in [1.82, 2.24) is 0 Å². The summed E-state index contributed by atoms with van der Waals surface area (Å²) in [5.74, 6) is -2.96. The highest BCUT2D eigenvalue weighted by Gasteiger charge is 2.29. The van der Waals surface area contributed by atoms with Crippen molar-refractivity contribution >= 4 is 0 Å². The lowest BCUT2D eigenvalue weighted by Gasteiger charge is -2.29. The topological polar surface area (TPSA) is 27.7 Å². The van der Waals surface area contributed by atoms with Gasteiger partial charge in [0, 0.05) is 24.2 Å². The van der Waals surface area contributed by atoms with Crippen molar-refractivity contribution in [1.29, 1.82) is 0 Å². The molecule has 0 bridgehead atoms. The molecule has 2 aromatic carbocycles. The van der Waals surface area contributed by atoms with Crippen LogP contribution in [0.3, 0.4) is 0 Å². The summed E-state index contributed by atoms with van der Waals surface area (Å²) in [4.78, 5) is 0. The lowest BCUT2D eigenvalue weighted by atomic mass is 9.91. The number of fused-ring (bicyclic) bond motifs is 2. The van der Waals surface area contributed by atoms with E-state index in [-0.39, 0.29) is 43.1 Å². The molecule has 2 aliphatic rings. The summed E-state index contributed by atoms with van der Waals surface area (Å²) < 4.78 is 72.9. The summed E-state index contributed by atoms with van der Waals surface area (Å²) in [6.07, 6.45) is 4.65. The molecule has 2 heterocycles. The number of alkyl halides is 1. The maximum Gasteiger partial charge on any atom is 0.205 e. The van der Waals surface area contributed by atoms with E-state index >= 15 is 4.39 Å². The van der Waals surface area contributed by atoms with Crippen molar-refractivity contribution in [2.24, 2.45) is 5.92 Å². The third-order valence-electron chi connectivity index (χ3n) is 6.30. The summed E-state index contributed by atoms with van der Waals surface area (Å²) in [5.41, 5.74) is 1.46. The maximum atomic E-state index is 15.2. The van der Waals surface area contributed by atoms with Crippen molar-refractivity contribution in [3.8, 4) is 17.2 Å². The second-order valence-electron chi connectivity index (χ2n) is 8.50. The highest BCUT2D eigenvalue weighted by atomic mass is 19.2. The first-order valence-corrected chi connectivity index (χ1v) is 11.3.